The van der Waals surface area contributed by atoms with E-state index in [9.17, 15) is 18.0 Å². The molecule has 0 unspecified atom stereocenters. The van der Waals surface area contributed by atoms with E-state index < -0.39 is 11.7 Å². The average Bonchev–Trinajstić information content (AvgIpc) is 2.55. The van der Waals surface area contributed by atoms with E-state index in [0.29, 0.717) is 5.52 Å². The number of rotatable bonds is 1. The van der Waals surface area contributed by atoms with E-state index in [1.165, 1.54) is 13.0 Å². The van der Waals surface area contributed by atoms with E-state index in [1.807, 2.05) is 0 Å². The molecule has 0 aliphatic carbocycles. The second kappa shape index (κ2) is 3.76. The number of nitrogens with zero attached hydrogens (tertiary/aromatic N) is 1. The largest absolute Gasteiger partial charge is 0.416 e. The Morgan fingerprint density at radius 2 is 2.12 bits per heavy atom. The van der Waals surface area contributed by atoms with Crippen LogP contribution in [0.15, 0.2) is 18.2 Å². The zero-order chi connectivity index (χ0) is 12.6. The van der Waals surface area contributed by atoms with Gasteiger partial charge in [0, 0.05) is 6.92 Å². The third-order valence-electron chi connectivity index (χ3n) is 2.10. The van der Waals surface area contributed by atoms with Crippen LogP contribution in [0.5, 0.6) is 0 Å². The minimum Gasteiger partial charge on any atom is -0.324 e. The van der Waals surface area contributed by atoms with Crippen LogP contribution >= 0.6 is 0 Å². The first kappa shape index (κ1) is 11.4. The smallest absolute Gasteiger partial charge is 0.324 e. The number of halogens is 3. The summed E-state index contributed by atoms with van der Waals surface area (Å²) in [6, 6.07) is 3.15. The number of hydrogen-bond donors (Lipinski definition) is 2. The Labute approximate surface area is 93.8 Å². The van der Waals surface area contributed by atoms with Gasteiger partial charge in [-0.1, -0.05) is 0 Å². The molecule has 90 valence electrons. The SMILES string of the molecule is CC(=O)Nc1nc2ccc(C(F)(F)F)cc2[nH]1. The quantitative estimate of drug-likeness (QED) is 0.808. The molecule has 0 spiro atoms. The van der Waals surface area contributed by atoms with Crippen molar-refractivity contribution >= 4 is 22.9 Å². The predicted octanol–water partition coefficient (Wildman–Crippen LogP) is 2.54. The van der Waals surface area contributed by atoms with Crippen molar-refractivity contribution < 1.29 is 18.0 Å². The van der Waals surface area contributed by atoms with Crippen molar-refractivity contribution in [1.82, 2.24) is 9.97 Å². The molecule has 0 fully saturated rings. The highest BCUT2D eigenvalue weighted by Gasteiger charge is 2.30. The third kappa shape index (κ3) is 2.38. The molecule has 7 heteroatoms. The Morgan fingerprint density at radius 3 is 2.71 bits per heavy atom. The van der Waals surface area contributed by atoms with Crippen molar-refractivity contribution in [2.24, 2.45) is 0 Å². The van der Waals surface area contributed by atoms with Gasteiger partial charge in [-0.25, -0.2) is 4.98 Å². The number of imidazole rings is 1. The van der Waals surface area contributed by atoms with Crippen LogP contribution < -0.4 is 5.32 Å². The molecule has 0 bridgehead atoms. The minimum absolute atomic E-state index is 0.131. The summed E-state index contributed by atoms with van der Waals surface area (Å²) in [6.45, 7) is 1.29. The molecule has 4 nitrogen and oxygen atoms in total. The van der Waals surface area contributed by atoms with Gasteiger partial charge in [-0.15, -0.1) is 0 Å². The van der Waals surface area contributed by atoms with E-state index in [4.69, 9.17) is 0 Å². The summed E-state index contributed by atoms with van der Waals surface area (Å²) in [4.78, 5) is 17.3. The second-order valence-corrected chi connectivity index (χ2v) is 3.50. The van der Waals surface area contributed by atoms with Crippen molar-refractivity contribution in [3.8, 4) is 0 Å². The maximum Gasteiger partial charge on any atom is 0.416 e. The molecule has 1 aromatic heterocycles. The molecular formula is C10H8F3N3O. The van der Waals surface area contributed by atoms with Gasteiger partial charge in [0.1, 0.15) is 0 Å². The van der Waals surface area contributed by atoms with Crippen molar-refractivity contribution in [3.05, 3.63) is 23.8 Å². The summed E-state index contributed by atoms with van der Waals surface area (Å²) in [7, 11) is 0. The molecule has 1 aromatic carbocycles. The van der Waals surface area contributed by atoms with Gasteiger partial charge >= 0.3 is 6.18 Å². The van der Waals surface area contributed by atoms with Gasteiger partial charge in [-0.3, -0.25) is 10.1 Å². The third-order valence-corrected chi connectivity index (χ3v) is 2.10. The topological polar surface area (TPSA) is 57.8 Å². The Bertz CT molecular complexity index is 574. The number of carbonyl (C=O) groups excluding carboxylic acids is 1. The molecule has 0 saturated heterocycles. The molecule has 2 rings (SSSR count). The normalized spacial score (nSPS) is 11.8. The number of fused-ring (bicyclic) bond motifs is 1. The van der Waals surface area contributed by atoms with E-state index in [-0.39, 0.29) is 17.4 Å². The first-order chi connectivity index (χ1) is 7.86. The predicted molar refractivity (Wildman–Crippen MR) is 55.4 cm³/mol. The lowest BCUT2D eigenvalue weighted by Gasteiger charge is -2.04. The molecule has 1 heterocycles. The van der Waals surface area contributed by atoms with Crippen LogP contribution in [0.3, 0.4) is 0 Å². The van der Waals surface area contributed by atoms with Gasteiger partial charge in [0.2, 0.25) is 11.9 Å². The molecule has 17 heavy (non-hydrogen) atoms. The average molecular weight is 243 g/mol. The van der Waals surface area contributed by atoms with Crippen LogP contribution in [0.2, 0.25) is 0 Å². The zero-order valence-corrected chi connectivity index (χ0v) is 8.72. The molecule has 0 atom stereocenters. The lowest BCUT2D eigenvalue weighted by molar-refractivity contribution is -0.137. The van der Waals surface area contributed by atoms with Crippen molar-refractivity contribution in [3.63, 3.8) is 0 Å². The van der Waals surface area contributed by atoms with Crippen molar-refractivity contribution in [2.75, 3.05) is 5.32 Å². The number of benzene rings is 1. The van der Waals surface area contributed by atoms with Gasteiger partial charge in [0.15, 0.2) is 0 Å². The van der Waals surface area contributed by atoms with Gasteiger partial charge in [-0.2, -0.15) is 13.2 Å². The lowest BCUT2D eigenvalue weighted by atomic mass is 10.2. The Morgan fingerprint density at radius 1 is 1.41 bits per heavy atom. The number of alkyl halides is 3. The standard InChI is InChI=1S/C10H8F3N3O/c1-5(17)14-9-15-7-3-2-6(10(11,12)13)4-8(7)16-9/h2-4H,1H3,(H2,14,15,16,17). The number of H-pyrrole nitrogens is 1. The fraction of sp³-hybridized carbons (Fsp3) is 0.200. The van der Waals surface area contributed by atoms with E-state index >= 15 is 0 Å². The van der Waals surface area contributed by atoms with Crippen LogP contribution in [-0.2, 0) is 11.0 Å². The van der Waals surface area contributed by atoms with Crippen LogP contribution in [-0.4, -0.2) is 15.9 Å². The van der Waals surface area contributed by atoms with Crippen LogP contribution in [0, 0.1) is 0 Å². The number of carbonyl (C=O) groups is 1. The van der Waals surface area contributed by atoms with E-state index in [0.717, 1.165) is 12.1 Å². The Hall–Kier alpha value is -2.05. The maximum absolute atomic E-state index is 12.4. The summed E-state index contributed by atoms with van der Waals surface area (Å²) in [5.74, 6) is -0.216. The number of aromatic nitrogens is 2. The minimum atomic E-state index is -4.40. The zero-order valence-electron chi connectivity index (χ0n) is 8.72. The highest BCUT2D eigenvalue weighted by molar-refractivity contribution is 5.89. The van der Waals surface area contributed by atoms with Gasteiger partial charge in [0.05, 0.1) is 16.6 Å². The number of hydrogen-bond acceptors (Lipinski definition) is 2. The Balaban J connectivity index is 2.44. The van der Waals surface area contributed by atoms with Crippen molar-refractivity contribution in [1.29, 1.82) is 0 Å². The number of anilines is 1. The highest BCUT2D eigenvalue weighted by atomic mass is 19.4. The summed E-state index contributed by atoms with van der Waals surface area (Å²) in [5, 5.41) is 2.37. The summed E-state index contributed by atoms with van der Waals surface area (Å²) in [6.07, 6.45) is -4.40. The first-order valence-corrected chi connectivity index (χ1v) is 4.71. The van der Waals surface area contributed by atoms with Gasteiger partial charge in [0.25, 0.3) is 0 Å². The van der Waals surface area contributed by atoms with Crippen LogP contribution in [0.1, 0.15) is 12.5 Å². The molecule has 0 radical (unpaired) electrons. The highest BCUT2D eigenvalue weighted by Crippen LogP contribution is 2.31. The van der Waals surface area contributed by atoms with Crippen LogP contribution in [0.4, 0.5) is 19.1 Å². The second-order valence-electron chi connectivity index (χ2n) is 3.50. The maximum atomic E-state index is 12.4. The number of nitrogens with one attached hydrogen (secondary N) is 2. The monoisotopic (exact) mass is 243 g/mol. The molecular weight excluding hydrogens is 235 g/mol. The van der Waals surface area contributed by atoms with Crippen molar-refractivity contribution in [2.45, 2.75) is 13.1 Å². The summed E-state index contributed by atoms with van der Waals surface area (Å²) in [5.41, 5.74) is -0.173. The fourth-order valence-electron chi connectivity index (χ4n) is 1.41. The summed E-state index contributed by atoms with van der Waals surface area (Å²) >= 11 is 0. The van der Waals surface area contributed by atoms with Crippen LogP contribution in [0.25, 0.3) is 11.0 Å². The molecule has 0 saturated carbocycles. The summed E-state index contributed by atoms with van der Waals surface area (Å²) < 4.78 is 37.3. The fourth-order valence-corrected chi connectivity index (χ4v) is 1.41. The van der Waals surface area contributed by atoms with E-state index in [1.54, 1.807) is 0 Å². The van der Waals surface area contributed by atoms with E-state index in [2.05, 4.69) is 15.3 Å². The molecule has 0 aliphatic heterocycles. The molecule has 0 aliphatic rings. The number of aromatic amines is 1. The van der Waals surface area contributed by atoms with Gasteiger partial charge in [-0.05, 0) is 18.2 Å². The molecule has 2 N–H and O–H groups in total. The Kier molecular flexibility index (Phi) is 2.53. The number of amides is 1. The van der Waals surface area contributed by atoms with Gasteiger partial charge < -0.3 is 4.98 Å². The lowest BCUT2D eigenvalue weighted by Crippen LogP contribution is -2.06. The molecule has 1 amide bonds. The first-order valence-electron chi connectivity index (χ1n) is 4.71. The molecule has 2 aromatic rings.